The molecule has 0 heterocycles. The number of carbonyl (C=O) groups excluding carboxylic acids is 1. The maximum absolute atomic E-state index is 11.4. The van der Waals surface area contributed by atoms with Gasteiger partial charge in [-0.15, -0.1) is 11.6 Å². The number of carbonyl (C=O) groups is 1. The fourth-order valence-corrected chi connectivity index (χ4v) is 2.38. The van der Waals surface area contributed by atoms with Crippen LogP contribution in [0.15, 0.2) is 54.6 Å². The van der Waals surface area contributed by atoms with E-state index < -0.39 is 11.9 Å². The molecule has 0 aromatic heterocycles. The number of aliphatic carboxylic acids is 1. The minimum Gasteiger partial charge on any atom is -0.550 e. The van der Waals surface area contributed by atoms with Crippen LogP contribution in [0, 0.1) is 5.92 Å². The number of hydrogen-bond acceptors (Lipinski definition) is 3. The van der Waals surface area contributed by atoms with Gasteiger partial charge in [0.15, 0.2) is 0 Å². The molecule has 1 atom stereocenters. The Morgan fingerprint density at radius 1 is 1.00 bits per heavy atom. The van der Waals surface area contributed by atoms with E-state index in [-0.39, 0.29) is 0 Å². The molecule has 0 amide bonds. The van der Waals surface area contributed by atoms with Gasteiger partial charge in [-0.1, -0.05) is 42.5 Å². The third-order valence-corrected chi connectivity index (χ3v) is 3.56. The summed E-state index contributed by atoms with van der Waals surface area (Å²) in [5, 5.41) is 11.4. The lowest BCUT2D eigenvalue weighted by Crippen LogP contribution is -2.34. The zero-order valence-electron chi connectivity index (χ0n) is 12.2. The third kappa shape index (κ3) is 5.08. The molecule has 0 aliphatic heterocycles. The molecule has 0 saturated heterocycles. The molecule has 3 nitrogen and oxygen atoms in total. The Morgan fingerprint density at radius 3 is 2.14 bits per heavy atom. The second-order valence-corrected chi connectivity index (χ2v) is 5.47. The SMILES string of the molecule is O=C([O-])C(Cc1ccccc1)Cc1ccc(OCCCl)cc1. The van der Waals surface area contributed by atoms with E-state index in [2.05, 4.69) is 0 Å². The summed E-state index contributed by atoms with van der Waals surface area (Å²) in [5.41, 5.74) is 1.95. The minimum absolute atomic E-state index is 0.436. The van der Waals surface area contributed by atoms with Crippen LogP contribution in [0.4, 0.5) is 0 Å². The smallest absolute Gasteiger partial charge is 0.119 e. The van der Waals surface area contributed by atoms with E-state index in [1.807, 2.05) is 54.6 Å². The number of alkyl halides is 1. The lowest BCUT2D eigenvalue weighted by Gasteiger charge is -2.18. The molecule has 0 aliphatic carbocycles. The molecular formula is C18H18ClO3-. The molecule has 0 spiro atoms. The minimum atomic E-state index is -1.02. The second-order valence-electron chi connectivity index (χ2n) is 5.09. The molecule has 0 bridgehead atoms. The summed E-state index contributed by atoms with van der Waals surface area (Å²) < 4.78 is 5.40. The fraction of sp³-hybridized carbons (Fsp3) is 0.278. The van der Waals surface area contributed by atoms with Crippen LogP contribution >= 0.6 is 11.6 Å². The van der Waals surface area contributed by atoms with E-state index in [0.29, 0.717) is 25.3 Å². The van der Waals surface area contributed by atoms with Crippen molar-refractivity contribution in [3.63, 3.8) is 0 Å². The van der Waals surface area contributed by atoms with Gasteiger partial charge >= 0.3 is 0 Å². The third-order valence-electron chi connectivity index (χ3n) is 3.41. The summed E-state index contributed by atoms with van der Waals surface area (Å²) in [4.78, 5) is 11.4. The Balaban J connectivity index is 2.00. The Bertz CT molecular complexity index is 581. The van der Waals surface area contributed by atoms with Crippen LogP contribution in [-0.2, 0) is 17.6 Å². The molecule has 22 heavy (non-hydrogen) atoms. The molecule has 116 valence electrons. The molecule has 0 aliphatic rings. The number of halogens is 1. The first-order valence-corrected chi connectivity index (χ1v) is 7.75. The number of carboxylic acid groups (broad SMARTS) is 1. The first-order valence-electron chi connectivity index (χ1n) is 7.21. The molecular weight excluding hydrogens is 300 g/mol. The largest absolute Gasteiger partial charge is 0.550 e. The number of hydrogen-bond donors (Lipinski definition) is 0. The molecule has 0 fully saturated rings. The monoisotopic (exact) mass is 317 g/mol. The number of benzene rings is 2. The van der Waals surface area contributed by atoms with E-state index in [4.69, 9.17) is 16.3 Å². The van der Waals surface area contributed by atoms with Crippen LogP contribution in [0.1, 0.15) is 11.1 Å². The quantitative estimate of drug-likeness (QED) is 0.703. The highest BCUT2D eigenvalue weighted by Crippen LogP contribution is 2.18. The summed E-state index contributed by atoms with van der Waals surface area (Å²) in [6.07, 6.45) is 0.903. The lowest BCUT2D eigenvalue weighted by atomic mass is 9.92. The van der Waals surface area contributed by atoms with E-state index >= 15 is 0 Å². The maximum Gasteiger partial charge on any atom is 0.119 e. The predicted molar refractivity (Wildman–Crippen MR) is 85.0 cm³/mol. The molecule has 0 N–H and O–H groups in total. The normalized spacial score (nSPS) is 11.9. The number of ether oxygens (including phenoxy) is 1. The molecule has 2 aromatic carbocycles. The maximum atomic E-state index is 11.4. The van der Waals surface area contributed by atoms with Crippen molar-refractivity contribution in [2.24, 2.45) is 5.92 Å². The zero-order chi connectivity index (χ0) is 15.8. The molecule has 1 unspecified atom stereocenters. The summed E-state index contributed by atoms with van der Waals surface area (Å²) in [6, 6.07) is 17.0. The van der Waals surface area contributed by atoms with Crippen molar-refractivity contribution >= 4 is 17.6 Å². The second kappa shape index (κ2) is 8.44. The van der Waals surface area contributed by atoms with Crippen molar-refractivity contribution in [1.82, 2.24) is 0 Å². The van der Waals surface area contributed by atoms with Gasteiger partial charge in [-0.05, 0) is 36.1 Å². The van der Waals surface area contributed by atoms with Gasteiger partial charge in [-0.2, -0.15) is 0 Å². The van der Waals surface area contributed by atoms with E-state index in [9.17, 15) is 9.90 Å². The molecule has 4 heteroatoms. The van der Waals surface area contributed by atoms with Crippen LogP contribution in [0.3, 0.4) is 0 Å². The van der Waals surface area contributed by atoms with Gasteiger partial charge in [-0.25, -0.2) is 0 Å². The Hall–Kier alpha value is -2.00. The Labute approximate surface area is 135 Å². The lowest BCUT2D eigenvalue weighted by molar-refractivity contribution is -0.311. The van der Waals surface area contributed by atoms with Crippen molar-refractivity contribution in [3.8, 4) is 5.75 Å². The van der Waals surface area contributed by atoms with Gasteiger partial charge in [0.05, 0.1) is 5.88 Å². The van der Waals surface area contributed by atoms with Crippen molar-refractivity contribution < 1.29 is 14.6 Å². The average molecular weight is 318 g/mol. The number of rotatable bonds is 8. The van der Waals surface area contributed by atoms with E-state index in [1.165, 1.54) is 0 Å². The first kappa shape index (κ1) is 16.4. The Morgan fingerprint density at radius 2 is 1.59 bits per heavy atom. The fourth-order valence-electron chi connectivity index (χ4n) is 2.30. The highest BCUT2D eigenvalue weighted by atomic mass is 35.5. The van der Waals surface area contributed by atoms with Crippen LogP contribution in [-0.4, -0.2) is 18.5 Å². The van der Waals surface area contributed by atoms with E-state index in [0.717, 1.165) is 16.9 Å². The highest BCUT2D eigenvalue weighted by molar-refractivity contribution is 6.18. The van der Waals surface area contributed by atoms with Gasteiger partial charge in [0.1, 0.15) is 12.4 Å². The van der Waals surface area contributed by atoms with Crippen LogP contribution in [0.25, 0.3) is 0 Å². The Kier molecular flexibility index (Phi) is 6.28. The topological polar surface area (TPSA) is 49.4 Å². The van der Waals surface area contributed by atoms with Crippen molar-refractivity contribution in [2.75, 3.05) is 12.5 Å². The van der Waals surface area contributed by atoms with Crippen molar-refractivity contribution in [2.45, 2.75) is 12.8 Å². The van der Waals surface area contributed by atoms with Crippen LogP contribution in [0.5, 0.6) is 5.75 Å². The van der Waals surface area contributed by atoms with Crippen LogP contribution < -0.4 is 9.84 Å². The molecule has 0 saturated carbocycles. The predicted octanol–water partition coefficient (Wildman–Crippen LogP) is 2.46. The standard InChI is InChI=1S/C18H19ClO3/c19-10-11-22-17-8-6-15(7-9-17)13-16(18(20)21)12-14-4-2-1-3-5-14/h1-9,16H,10-13H2,(H,20,21)/p-1. The van der Waals surface area contributed by atoms with Crippen molar-refractivity contribution in [1.29, 1.82) is 0 Å². The van der Waals surface area contributed by atoms with Gasteiger partial charge in [0.25, 0.3) is 0 Å². The average Bonchev–Trinajstić information content (AvgIpc) is 2.54. The molecule has 2 rings (SSSR count). The summed E-state index contributed by atoms with van der Waals surface area (Å²) in [6.45, 7) is 0.455. The van der Waals surface area contributed by atoms with Gasteiger partial charge in [0, 0.05) is 11.9 Å². The highest BCUT2D eigenvalue weighted by Gasteiger charge is 2.12. The number of carboxylic acids is 1. The van der Waals surface area contributed by atoms with E-state index in [1.54, 1.807) is 0 Å². The van der Waals surface area contributed by atoms with Gasteiger partial charge in [-0.3, -0.25) is 0 Å². The van der Waals surface area contributed by atoms with Gasteiger partial charge in [0.2, 0.25) is 0 Å². The first-order chi connectivity index (χ1) is 10.7. The van der Waals surface area contributed by atoms with Crippen LogP contribution in [0.2, 0.25) is 0 Å². The molecule has 0 radical (unpaired) electrons. The van der Waals surface area contributed by atoms with Gasteiger partial charge < -0.3 is 14.6 Å². The molecule has 2 aromatic rings. The van der Waals surface area contributed by atoms with Crippen molar-refractivity contribution in [3.05, 3.63) is 65.7 Å². The summed E-state index contributed by atoms with van der Waals surface area (Å²) in [5.74, 6) is -0.397. The summed E-state index contributed by atoms with van der Waals surface area (Å²) in [7, 11) is 0. The summed E-state index contributed by atoms with van der Waals surface area (Å²) >= 11 is 5.57. The zero-order valence-corrected chi connectivity index (χ0v) is 13.0.